The van der Waals surface area contributed by atoms with Crippen LogP contribution in [-0.2, 0) is 17.9 Å². The van der Waals surface area contributed by atoms with Crippen molar-refractivity contribution in [1.82, 2.24) is 41.2 Å². The number of nitrogens with zero attached hydrogens (tertiary/aromatic N) is 4. The van der Waals surface area contributed by atoms with Gasteiger partial charge >= 0.3 is 0 Å². The van der Waals surface area contributed by atoms with Crippen LogP contribution in [0.25, 0.3) is 33.6 Å². The van der Waals surface area contributed by atoms with Crippen LogP contribution in [0.3, 0.4) is 0 Å². The van der Waals surface area contributed by atoms with Gasteiger partial charge in [-0.2, -0.15) is 0 Å². The van der Waals surface area contributed by atoms with Crippen molar-refractivity contribution in [2.45, 2.75) is 32.0 Å². The van der Waals surface area contributed by atoms with Crippen LogP contribution in [0.4, 0.5) is 0 Å². The van der Waals surface area contributed by atoms with Gasteiger partial charge in [0.05, 0.1) is 48.0 Å². The van der Waals surface area contributed by atoms with Crippen molar-refractivity contribution >= 4 is 29.1 Å². The lowest BCUT2D eigenvalue weighted by Gasteiger charge is -2.27. The van der Waals surface area contributed by atoms with E-state index in [0.717, 1.165) is 42.9 Å². The van der Waals surface area contributed by atoms with Crippen LogP contribution in [0.15, 0.2) is 48.8 Å². The number of rotatable bonds is 13. The van der Waals surface area contributed by atoms with Gasteiger partial charge in [0.1, 0.15) is 11.4 Å². The zero-order valence-corrected chi connectivity index (χ0v) is 27.2. The molecule has 0 radical (unpaired) electrons. The van der Waals surface area contributed by atoms with E-state index >= 15 is 0 Å². The number of methoxy groups -OCH3 is 2. The molecule has 4 aromatic rings. The summed E-state index contributed by atoms with van der Waals surface area (Å²) in [5.74, 6) is 1.58. The van der Waals surface area contributed by atoms with Crippen LogP contribution in [-0.4, -0.2) is 72.3 Å². The first-order valence-electron chi connectivity index (χ1n) is 15.2. The fraction of sp³-hybridized carbons (Fsp3) is 0.364. The lowest BCUT2D eigenvalue weighted by atomic mass is 9.98. The molecule has 2 aliphatic rings. The molecular formula is C33H36Cl2N8O3. The molecule has 240 valence electrons. The highest BCUT2D eigenvalue weighted by atomic mass is 35.5. The Morgan fingerprint density at radius 1 is 0.804 bits per heavy atom. The van der Waals surface area contributed by atoms with Crippen molar-refractivity contribution in [3.63, 3.8) is 0 Å². The minimum absolute atomic E-state index is 0.0873. The number of carbonyl (C=O) groups is 1. The summed E-state index contributed by atoms with van der Waals surface area (Å²) in [4.78, 5) is 30.2. The molecule has 4 N–H and O–H groups in total. The molecule has 2 aliphatic heterocycles. The van der Waals surface area contributed by atoms with Crippen molar-refractivity contribution < 1.29 is 14.3 Å². The van der Waals surface area contributed by atoms with Crippen LogP contribution in [0, 0.1) is 5.92 Å². The first-order valence-corrected chi connectivity index (χ1v) is 16.0. The van der Waals surface area contributed by atoms with E-state index in [0.29, 0.717) is 82.0 Å². The van der Waals surface area contributed by atoms with Gasteiger partial charge in [-0.15, -0.1) is 0 Å². The van der Waals surface area contributed by atoms with Crippen LogP contribution in [0.2, 0.25) is 10.0 Å². The second-order valence-electron chi connectivity index (χ2n) is 11.3. The Bertz CT molecular complexity index is 1720. The number of ether oxygens (including phenoxy) is 2. The Balaban J connectivity index is 1.22. The number of benzene rings is 2. The third-order valence-corrected chi connectivity index (χ3v) is 9.02. The zero-order valence-electron chi connectivity index (χ0n) is 25.7. The fourth-order valence-electron chi connectivity index (χ4n) is 5.58. The fourth-order valence-corrected chi connectivity index (χ4v) is 6.23. The van der Waals surface area contributed by atoms with E-state index in [1.165, 1.54) is 0 Å². The molecule has 0 spiro atoms. The molecule has 46 heavy (non-hydrogen) atoms. The largest absolute Gasteiger partial charge is 0.480 e. The topological polar surface area (TPSA) is 135 Å². The van der Waals surface area contributed by atoms with Gasteiger partial charge in [-0.1, -0.05) is 59.6 Å². The first-order chi connectivity index (χ1) is 22.4. The van der Waals surface area contributed by atoms with Gasteiger partial charge in [0.15, 0.2) is 0 Å². The smallest absolute Gasteiger partial charge is 0.237 e. The molecular weight excluding hydrogens is 627 g/mol. The van der Waals surface area contributed by atoms with E-state index in [1.807, 2.05) is 36.4 Å². The second-order valence-corrected chi connectivity index (χ2v) is 12.1. The summed E-state index contributed by atoms with van der Waals surface area (Å²) in [5.41, 5.74) is 5.44. The summed E-state index contributed by atoms with van der Waals surface area (Å²) >= 11 is 14.1. The van der Waals surface area contributed by atoms with E-state index < -0.39 is 0 Å². The van der Waals surface area contributed by atoms with E-state index in [2.05, 4.69) is 31.2 Å². The third kappa shape index (κ3) is 7.08. The monoisotopic (exact) mass is 662 g/mol. The van der Waals surface area contributed by atoms with Gasteiger partial charge in [0.25, 0.3) is 0 Å². The molecule has 0 aliphatic carbocycles. The summed E-state index contributed by atoms with van der Waals surface area (Å²) in [6.45, 7) is 4.63. The van der Waals surface area contributed by atoms with Gasteiger partial charge in [0, 0.05) is 74.0 Å². The Labute approximate surface area is 277 Å². The third-order valence-electron chi connectivity index (χ3n) is 8.21. The lowest BCUT2D eigenvalue weighted by Crippen LogP contribution is -2.47. The second kappa shape index (κ2) is 14.7. The summed E-state index contributed by atoms with van der Waals surface area (Å²) in [6, 6.07) is 11.6. The molecule has 11 nitrogen and oxygen atoms in total. The van der Waals surface area contributed by atoms with Crippen molar-refractivity contribution in [3.05, 3.63) is 70.2 Å². The predicted octanol–water partition coefficient (Wildman–Crippen LogP) is 4.27. The summed E-state index contributed by atoms with van der Waals surface area (Å²) < 4.78 is 11.2. The molecule has 4 heterocycles. The van der Waals surface area contributed by atoms with Crippen molar-refractivity contribution in [2.24, 2.45) is 5.92 Å². The van der Waals surface area contributed by atoms with Crippen LogP contribution in [0.1, 0.15) is 24.2 Å². The van der Waals surface area contributed by atoms with Gasteiger partial charge in [0.2, 0.25) is 17.7 Å². The number of hydrogen-bond acceptors (Lipinski definition) is 10. The van der Waals surface area contributed by atoms with Crippen LogP contribution in [0.5, 0.6) is 11.8 Å². The van der Waals surface area contributed by atoms with Gasteiger partial charge in [-0.3, -0.25) is 14.8 Å². The van der Waals surface area contributed by atoms with E-state index in [1.54, 1.807) is 26.6 Å². The van der Waals surface area contributed by atoms with Gasteiger partial charge in [-0.05, 0) is 12.3 Å². The molecule has 13 heteroatoms. The zero-order chi connectivity index (χ0) is 32.0. The number of halogens is 2. The maximum atomic E-state index is 11.5. The molecule has 0 bridgehead atoms. The normalized spacial score (nSPS) is 16.3. The van der Waals surface area contributed by atoms with Crippen molar-refractivity contribution in [2.75, 3.05) is 40.4 Å². The van der Waals surface area contributed by atoms with Crippen LogP contribution < -0.4 is 30.7 Å². The standard InChI is InChI=1S/C33H36Cl2N8O3/c1-45-32-27(15-37-13-19-11-36-12-19)39-17-25(42-32)23-7-3-5-21(30(23)34)22-6-4-8-24(31(22)35)26-18-40-28(33(43-26)46-2)16-38-14-20-9-10-29(44)41-20/h3-8,17-20,36-38H,9-16H2,1-2H3,(H,41,44)/t20-/m0/s1. The number of amides is 1. The van der Waals surface area contributed by atoms with E-state index in [9.17, 15) is 4.79 Å². The predicted molar refractivity (Wildman–Crippen MR) is 178 cm³/mol. The number of carbonyl (C=O) groups excluding carboxylic acids is 1. The minimum atomic E-state index is 0.0873. The van der Waals surface area contributed by atoms with Crippen LogP contribution >= 0.6 is 23.2 Å². The van der Waals surface area contributed by atoms with Gasteiger partial charge in [-0.25, -0.2) is 9.97 Å². The van der Waals surface area contributed by atoms with Crippen molar-refractivity contribution in [3.8, 4) is 45.4 Å². The molecule has 2 fully saturated rings. The molecule has 0 unspecified atom stereocenters. The van der Waals surface area contributed by atoms with E-state index in [-0.39, 0.29) is 11.9 Å². The maximum absolute atomic E-state index is 11.5. The number of nitrogens with one attached hydrogen (secondary N) is 4. The quantitative estimate of drug-likeness (QED) is 0.164. The lowest BCUT2D eigenvalue weighted by molar-refractivity contribution is -0.119. The highest BCUT2D eigenvalue weighted by Crippen LogP contribution is 2.42. The van der Waals surface area contributed by atoms with E-state index in [4.69, 9.17) is 42.6 Å². The highest BCUT2D eigenvalue weighted by molar-refractivity contribution is 6.39. The molecule has 6 rings (SSSR count). The molecule has 2 saturated heterocycles. The van der Waals surface area contributed by atoms with Crippen molar-refractivity contribution in [1.29, 1.82) is 0 Å². The Kier molecular flexibility index (Phi) is 10.3. The Morgan fingerprint density at radius 2 is 1.33 bits per heavy atom. The first kappa shape index (κ1) is 32.1. The number of hydrogen-bond donors (Lipinski definition) is 4. The summed E-state index contributed by atoms with van der Waals surface area (Å²) in [7, 11) is 3.15. The maximum Gasteiger partial charge on any atom is 0.237 e. The molecule has 0 saturated carbocycles. The minimum Gasteiger partial charge on any atom is -0.480 e. The summed E-state index contributed by atoms with van der Waals surface area (Å²) in [5, 5.41) is 14.0. The Morgan fingerprint density at radius 3 is 1.78 bits per heavy atom. The summed E-state index contributed by atoms with van der Waals surface area (Å²) in [6.07, 6.45) is 4.78. The average molecular weight is 664 g/mol. The van der Waals surface area contributed by atoms with Gasteiger partial charge < -0.3 is 30.7 Å². The highest BCUT2D eigenvalue weighted by Gasteiger charge is 2.22. The number of aromatic nitrogens is 4. The SMILES string of the molecule is COc1nc(-c2cccc(-c3cccc(-c4cnc(CNC[C@@H]5CCC(=O)N5)c(OC)n4)c3Cl)c2Cl)cnc1CNCC1CNC1. The molecule has 2 aromatic heterocycles. The molecule has 1 atom stereocenters. The Hall–Kier alpha value is -3.87. The molecule has 2 aromatic carbocycles. The average Bonchev–Trinajstić information content (AvgIpc) is 3.47. The molecule has 1 amide bonds.